The summed E-state index contributed by atoms with van der Waals surface area (Å²) >= 11 is 0. The summed E-state index contributed by atoms with van der Waals surface area (Å²) in [6.07, 6.45) is 0. The van der Waals surface area contributed by atoms with E-state index in [2.05, 4.69) is 28.5 Å². The first-order valence-corrected chi connectivity index (χ1v) is 6.67. The van der Waals surface area contributed by atoms with E-state index in [0.29, 0.717) is 0 Å². The van der Waals surface area contributed by atoms with Crippen LogP contribution in [-0.2, 0) is 0 Å². The molecule has 0 aliphatic carbocycles. The van der Waals surface area contributed by atoms with Gasteiger partial charge in [-0.3, -0.25) is 9.80 Å². The van der Waals surface area contributed by atoms with Crippen molar-refractivity contribution in [2.45, 2.75) is 13.8 Å². The average Bonchev–Trinajstić information content (AvgIpc) is 2.33. The molecular weight excluding hydrogens is 200 g/mol. The highest BCUT2D eigenvalue weighted by Crippen LogP contribution is 2.01. The number of hydrogen-bond acceptors (Lipinski definition) is 4. The van der Waals surface area contributed by atoms with Gasteiger partial charge in [-0.1, -0.05) is 13.8 Å². The minimum absolute atomic E-state index is 0.791. The van der Waals surface area contributed by atoms with E-state index >= 15 is 0 Å². The minimum Gasteiger partial charge on any atom is -0.329 e. The van der Waals surface area contributed by atoms with Crippen LogP contribution in [0.2, 0.25) is 0 Å². The molecule has 0 spiro atoms. The molecule has 2 N–H and O–H groups in total. The maximum atomic E-state index is 5.57. The first-order chi connectivity index (χ1) is 7.80. The van der Waals surface area contributed by atoms with Crippen molar-refractivity contribution >= 4 is 0 Å². The molecule has 4 nitrogen and oxygen atoms in total. The van der Waals surface area contributed by atoms with Crippen molar-refractivity contribution in [1.29, 1.82) is 0 Å². The number of likely N-dealkylation sites (N-methyl/N-ethyl adjacent to an activating group) is 1. The van der Waals surface area contributed by atoms with Gasteiger partial charge < -0.3 is 10.6 Å². The monoisotopic (exact) mass is 228 g/mol. The highest BCUT2D eigenvalue weighted by atomic mass is 15.3. The van der Waals surface area contributed by atoms with Crippen LogP contribution in [0.4, 0.5) is 0 Å². The quantitative estimate of drug-likeness (QED) is 0.660. The van der Waals surface area contributed by atoms with E-state index in [1.807, 2.05) is 0 Å². The molecule has 4 heteroatoms. The molecule has 96 valence electrons. The summed E-state index contributed by atoms with van der Waals surface area (Å²) in [6, 6.07) is 0. The zero-order valence-electron chi connectivity index (χ0n) is 11.0. The van der Waals surface area contributed by atoms with Crippen molar-refractivity contribution < 1.29 is 0 Å². The van der Waals surface area contributed by atoms with E-state index in [9.17, 15) is 0 Å². The summed E-state index contributed by atoms with van der Waals surface area (Å²) in [5.41, 5.74) is 5.57. The van der Waals surface area contributed by atoms with Gasteiger partial charge in [-0.15, -0.1) is 0 Å². The van der Waals surface area contributed by atoms with E-state index in [0.717, 1.165) is 13.1 Å². The summed E-state index contributed by atoms with van der Waals surface area (Å²) < 4.78 is 0. The zero-order valence-corrected chi connectivity index (χ0v) is 11.0. The van der Waals surface area contributed by atoms with Crippen molar-refractivity contribution in [3.63, 3.8) is 0 Å². The molecule has 16 heavy (non-hydrogen) atoms. The van der Waals surface area contributed by atoms with Gasteiger partial charge in [0.15, 0.2) is 0 Å². The van der Waals surface area contributed by atoms with Crippen LogP contribution in [0, 0.1) is 0 Å². The second kappa shape index (κ2) is 8.01. The first kappa shape index (κ1) is 13.9. The van der Waals surface area contributed by atoms with Crippen LogP contribution in [0.5, 0.6) is 0 Å². The summed E-state index contributed by atoms with van der Waals surface area (Å²) in [5, 5.41) is 0. The normalized spacial score (nSPS) is 19.5. The van der Waals surface area contributed by atoms with Gasteiger partial charge in [-0.05, 0) is 13.1 Å². The molecule has 1 rings (SSSR count). The lowest BCUT2D eigenvalue weighted by molar-refractivity contribution is 0.122. The van der Waals surface area contributed by atoms with Crippen molar-refractivity contribution in [2.75, 3.05) is 65.4 Å². The fourth-order valence-corrected chi connectivity index (χ4v) is 2.24. The Bertz CT molecular complexity index is 162. The molecule has 0 saturated carbocycles. The van der Waals surface area contributed by atoms with Crippen LogP contribution < -0.4 is 5.73 Å². The Labute approximate surface area is 100 Å². The molecule has 1 aliphatic heterocycles. The van der Waals surface area contributed by atoms with Gasteiger partial charge in [-0.25, -0.2) is 0 Å². The van der Waals surface area contributed by atoms with Crippen LogP contribution in [0.3, 0.4) is 0 Å². The second-order valence-electron chi connectivity index (χ2n) is 4.50. The Morgan fingerprint density at radius 1 is 0.938 bits per heavy atom. The Morgan fingerprint density at radius 2 is 1.44 bits per heavy atom. The fourth-order valence-electron chi connectivity index (χ4n) is 2.24. The van der Waals surface area contributed by atoms with E-state index in [1.165, 1.54) is 52.4 Å². The number of nitrogens with two attached hydrogens (primary N) is 1. The number of rotatable bonds is 7. The van der Waals surface area contributed by atoms with Gasteiger partial charge in [0.05, 0.1) is 0 Å². The molecule has 1 aliphatic rings. The first-order valence-electron chi connectivity index (χ1n) is 6.67. The molecule has 0 radical (unpaired) electrons. The van der Waals surface area contributed by atoms with Gasteiger partial charge >= 0.3 is 0 Å². The van der Waals surface area contributed by atoms with Crippen molar-refractivity contribution in [1.82, 2.24) is 14.7 Å². The van der Waals surface area contributed by atoms with Crippen LogP contribution in [0.25, 0.3) is 0 Å². The average molecular weight is 228 g/mol. The van der Waals surface area contributed by atoms with Crippen LogP contribution in [-0.4, -0.2) is 80.1 Å². The van der Waals surface area contributed by atoms with E-state index in [1.54, 1.807) is 0 Å². The molecule has 1 fully saturated rings. The number of hydrogen-bond donors (Lipinski definition) is 1. The molecule has 0 aromatic carbocycles. The highest BCUT2D eigenvalue weighted by molar-refractivity contribution is 4.72. The van der Waals surface area contributed by atoms with Crippen molar-refractivity contribution in [2.24, 2.45) is 5.73 Å². The standard InChI is InChI=1S/C12H28N4/c1-3-14(4-2)7-8-16-11-9-15(6-5-13)10-12-16/h3-13H2,1-2H3. The third-order valence-corrected chi connectivity index (χ3v) is 3.54. The smallest absolute Gasteiger partial charge is 0.0110 e. The predicted octanol–water partition coefficient (Wildman–Crippen LogP) is -0.0955. The summed E-state index contributed by atoms with van der Waals surface area (Å²) in [6.45, 7) is 15.9. The largest absolute Gasteiger partial charge is 0.329 e. The van der Waals surface area contributed by atoms with E-state index in [-0.39, 0.29) is 0 Å². The summed E-state index contributed by atoms with van der Waals surface area (Å²) in [7, 11) is 0. The van der Waals surface area contributed by atoms with Crippen molar-refractivity contribution in [3.8, 4) is 0 Å². The Morgan fingerprint density at radius 3 is 1.88 bits per heavy atom. The topological polar surface area (TPSA) is 35.7 Å². The Kier molecular flexibility index (Phi) is 6.96. The molecule has 1 saturated heterocycles. The lowest BCUT2D eigenvalue weighted by atomic mass is 10.3. The minimum atomic E-state index is 0.791. The Balaban J connectivity index is 2.12. The third kappa shape index (κ3) is 4.78. The molecular formula is C12H28N4. The molecule has 0 atom stereocenters. The molecule has 0 aromatic heterocycles. The maximum absolute atomic E-state index is 5.57. The maximum Gasteiger partial charge on any atom is 0.0110 e. The summed E-state index contributed by atoms with van der Waals surface area (Å²) in [5.74, 6) is 0. The lowest BCUT2D eigenvalue weighted by Gasteiger charge is -2.35. The van der Waals surface area contributed by atoms with Crippen molar-refractivity contribution in [3.05, 3.63) is 0 Å². The third-order valence-electron chi connectivity index (χ3n) is 3.54. The van der Waals surface area contributed by atoms with Crippen LogP contribution in [0.1, 0.15) is 13.8 Å². The molecule has 0 amide bonds. The van der Waals surface area contributed by atoms with Gasteiger partial charge in [0.2, 0.25) is 0 Å². The van der Waals surface area contributed by atoms with E-state index in [4.69, 9.17) is 5.73 Å². The van der Waals surface area contributed by atoms with Gasteiger partial charge in [0.1, 0.15) is 0 Å². The lowest BCUT2D eigenvalue weighted by Crippen LogP contribution is -2.49. The van der Waals surface area contributed by atoms with E-state index < -0.39 is 0 Å². The second-order valence-corrected chi connectivity index (χ2v) is 4.50. The summed E-state index contributed by atoms with van der Waals surface area (Å²) in [4.78, 5) is 7.53. The van der Waals surface area contributed by atoms with Gasteiger partial charge in [0.25, 0.3) is 0 Å². The van der Waals surface area contributed by atoms with Gasteiger partial charge in [-0.2, -0.15) is 0 Å². The molecule has 1 heterocycles. The highest BCUT2D eigenvalue weighted by Gasteiger charge is 2.15. The van der Waals surface area contributed by atoms with Crippen LogP contribution in [0.15, 0.2) is 0 Å². The molecule has 0 unspecified atom stereocenters. The SMILES string of the molecule is CCN(CC)CCN1CCN(CCN)CC1. The number of nitrogens with zero attached hydrogens (tertiary/aromatic N) is 3. The van der Waals surface area contributed by atoms with Gasteiger partial charge in [0, 0.05) is 52.4 Å². The molecule has 0 bridgehead atoms. The number of piperazine rings is 1. The fraction of sp³-hybridized carbons (Fsp3) is 1.00. The Hall–Kier alpha value is -0.160. The van der Waals surface area contributed by atoms with Crippen LogP contribution >= 0.6 is 0 Å². The zero-order chi connectivity index (χ0) is 11.8. The molecule has 0 aromatic rings. The predicted molar refractivity (Wildman–Crippen MR) is 69.7 cm³/mol.